The van der Waals surface area contributed by atoms with E-state index in [0.29, 0.717) is 25.3 Å². The molecule has 0 bridgehead atoms. The quantitative estimate of drug-likeness (QED) is 0.655. The molecule has 8 heteroatoms. The van der Waals surface area contributed by atoms with E-state index >= 15 is 0 Å². The first-order chi connectivity index (χ1) is 9.30. The van der Waals surface area contributed by atoms with Gasteiger partial charge in [0.15, 0.2) is 9.84 Å². The van der Waals surface area contributed by atoms with Crippen LogP contribution in [0.2, 0.25) is 0 Å². The van der Waals surface area contributed by atoms with Crippen LogP contribution < -0.4 is 10.2 Å². The van der Waals surface area contributed by atoms with Gasteiger partial charge in [-0.1, -0.05) is 6.07 Å². The second-order valence-electron chi connectivity index (χ2n) is 4.95. The molecule has 1 aromatic carbocycles. The Morgan fingerprint density at radius 3 is 2.70 bits per heavy atom. The fourth-order valence-electron chi connectivity index (χ4n) is 2.40. The number of nitrogens with one attached hydrogen (secondary N) is 1. The summed E-state index contributed by atoms with van der Waals surface area (Å²) < 4.78 is 23.4. The molecule has 0 spiro atoms. The molecule has 7 nitrogen and oxygen atoms in total. The molecular weight excluding hydrogens is 282 g/mol. The van der Waals surface area contributed by atoms with Crippen LogP contribution in [0.5, 0.6) is 0 Å². The summed E-state index contributed by atoms with van der Waals surface area (Å²) in [6.07, 6.45) is 0.986. The van der Waals surface area contributed by atoms with Crippen molar-refractivity contribution in [2.24, 2.45) is 0 Å². The van der Waals surface area contributed by atoms with Crippen LogP contribution in [-0.2, 0) is 9.84 Å². The molecule has 0 unspecified atom stereocenters. The van der Waals surface area contributed by atoms with Crippen molar-refractivity contribution < 1.29 is 13.3 Å². The van der Waals surface area contributed by atoms with Crippen molar-refractivity contribution in [3.63, 3.8) is 0 Å². The molecule has 1 N–H and O–H groups in total. The topological polar surface area (TPSA) is 92.5 Å². The van der Waals surface area contributed by atoms with E-state index < -0.39 is 14.8 Å². The smallest absolute Gasteiger partial charge is 0.311 e. The van der Waals surface area contributed by atoms with Gasteiger partial charge in [-0.2, -0.15) is 0 Å². The van der Waals surface area contributed by atoms with Crippen LogP contribution in [0, 0.1) is 10.1 Å². The van der Waals surface area contributed by atoms with Gasteiger partial charge in [-0.3, -0.25) is 10.1 Å². The molecule has 1 atom stereocenters. The first kappa shape index (κ1) is 14.7. The van der Waals surface area contributed by atoms with Gasteiger partial charge < -0.3 is 10.2 Å². The van der Waals surface area contributed by atoms with E-state index in [1.165, 1.54) is 6.07 Å². The monoisotopic (exact) mass is 299 g/mol. The summed E-state index contributed by atoms with van der Waals surface area (Å²) in [4.78, 5) is 12.3. The van der Waals surface area contributed by atoms with Crippen LogP contribution in [0.1, 0.15) is 6.92 Å². The summed E-state index contributed by atoms with van der Waals surface area (Å²) in [6.45, 7) is 3.91. The minimum atomic E-state index is -3.64. The average molecular weight is 299 g/mol. The maximum absolute atomic E-state index is 11.7. The van der Waals surface area contributed by atoms with Crippen LogP contribution in [0.15, 0.2) is 23.1 Å². The number of nitro benzene ring substituents is 1. The third kappa shape index (κ3) is 2.91. The second-order valence-corrected chi connectivity index (χ2v) is 6.94. The Labute approximate surface area is 117 Å². The van der Waals surface area contributed by atoms with Crippen molar-refractivity contribution in [2.45, 2.75) is 17.9 Å². The number of piperazine rings is 1. The molecule has 20 heavy (non-hydrogen) atoms. The molecule has 0 saturated carbocycles. The molecule has 1 heterocycles. The van der Waals surface area contributed by atoms with Crippen LogP contribution >= 0.6 is 0 Å². The lowest BCUT2D eigenvalue weighted by molar-refractivity contribution is -0.387. The Hall–Kier alpha value is -1.67. The number of benzene rings is 1. The standard InChI is InChI=1S/C12H17N3O4S/c1-9-8-14(7-6-13-9)10-4-3-5-11(20(2,18)19)12(10)15(16)17/h3-5,9,13H,6-8H2,1-2H3/t9-/m0/s1. The van der Waals surface area contributed by atoms with Crippen LogP contribution in [0.3, 0.4) is 0 Å². The molecule has 0 aliphatic carbocycles. The van der Waals surface area contributed by atoms with Gasteiger partial charge in [0.25, 0.3) is 0 Å². The number of nitrogens with zero attached hydrogens (tertiary/aromatic N) is 2. The van der Waals surface area contributed by atoms with E-state index in [1.54, 1.807) is 12.1 Å². The lowest BCUT2D eigenvalue weighted by atomic mass is 10.2. The van der Waals surface area contributed by atoms with Crippen molar-refractivity contribution in [3.05, 3.63) is 28.3 Å². The van der Waals surface area contributed by atoms with E-state index in [0.717, 1.165) is 6.26 Å². The van der Waals surface area contributed by atoms with Crippen molar-refractivity contribution in [1.29, 1.82) is 0 Å². The molecular formula is C12H17N3O4S. The Morgan fingerprint density at radius 1 is 1.45 bits per heavy atom. The first-order valence-electron chi connectivity index (χ1n) is 6.26. The normalized spacial score (nSPS) is 19.9. The van der Waals surface area contributed by atoms with Crippen LogP contribution in [0.4, 0.5) is 11.4 Å². The first-order valence-corrected chi connectivity index (χ1v) is 8.15. The number of nitro groups is 1. The predicted molar refractivity (Wildman–Crippen MR) is 75.9 cm³/mol. The molecule has 1 aliphatic heterocycles. The molecule has 0 aromatic heterocycles. The maximum atomic E-state index is 11.7. The third-order valence-electron chi connectivity index (χ3n) is 3.27. The lowest BCUT2D eigenvalue weighted by Crippen LogP contribution is -2.49. The van der Waals surface area contributed by atoms with Crippen molar-refractivity contribution >= 4 is 21.2 Å². The van der Waals surface area contributed by atoms with Gasteiger partial charge >= 0.3 is 5.69 Å². The van der Waals surface area contributed by atoms with Gasteiger partial charge in [-0.25, -0.2) is 8.42 Å². The largest absolute Gasteiger partial charge is 0.363 e. The number of rotatable bonds is 3. The summed E-state index contributed by atoms with van der Waals surface area (Å²) in [5.41, 5.74) is 0.0374. The van der Waals surface area contributed by atoms with Gasteiger partial charge in [0, 0.05) is 31.9 Å². The van der Waals surface area contributed by atoms with E-state index in [2.05, 4.69) is 5.32 Å². The molecule has 1 saturated heterocycles. The van der Waals surface area contributed by atoms with Gasteiger partial charge in [0.2, 0.25) is 0 Å². The van der Waals surface area contributed by atoms with Crippen molar-refractivity contribution in [3.8, 4) is 0 Å². The van der Waals surface area contributed by atoms with Crippen LogP contribution in [0.25, 0.3) is 0 Å². The van der Waals surface area contributed by atoms with Gasteiger partial charge in [-0.05, 0) is 19.1 Å². The Kier molecular flexibility index (Phi) is 3.96. The average Bonchev–Trinajstić information content (AvgIpc) is 2.36. The van der Waals surface area contributed by atoms with Gasteiger partial charge in [0.1, 0.15) is 10.6 Å². The maximum Gasteiger partial charge on any atom is 0.311 e. The molecule has 1 fully saturated rings. The number of hydrogen-bond donors (Lipinski definition) is 1. The van der Waals surface area contributed by atoms with Crippen LogP contribution in [-0.4, -0.2) is 45.3 Å². The van der Waals surface area contributed by atoms with E-state index in [9.17, 15) is 18.5 Å². The molecule has 2 rings (SSSR count). The van der Waals surface area contributed by atoms with E-state index in [-0.39, 0.29) is 16.6 Å². The molecule has 1 aromatic rings. The van der Waals surface area contributed by atoms with E-state index in [1.807, 2.05) is 11.8 Å². The fourth-order valence-corrected chi connectivity index (χ4v) is 3.26. The molecule has 0 amide bonds. The van der Waals surface area contributed by atoms with Crippen molar-refractivity contribution in [2.75, 3.05) is 30.8 Å². The predicted octanol–water partition coefficient (Wildman–Crippen LogP) is 0.796. The highest BCUT2D eigenvalue weighted by Gasteiger charge is 2.30. The minimum absolute atomic E-state index is 0.199. The minimum Gasteiger partial charge on any atom is -0.363 e. The second kappa shape index (κ2) is 5.37. The number of para-hydroxylation sites is 1. The number of sulfone groups is 1. The number of hydrogen-bond acceptors (Lipinski definition) is 6. The fraction of sp³-hybridized carbons (Fsp3) is 0.500. The van der Waals surface area contributed by atoms with E-state index in [4.69, 9.17) is 0 Å². The zero-order chi connectivity index (χ0) is 14.9. The Bertz CT molecular complexity index is 630. The summed E-state index contributed by atoms with van der Waals surface area (Å²) in [5, 5.41) is 14.6. The molecule has 0 radical (unpaired) electrons. The molecule has 110 valence electrons. The highest BCUT2D eigenvalue weighted by Crippen LogP contribution is 2.34. The Morgan fingerprint density at radius 2 is 2.15 bits per heavy atom. The zero-order valence-electron chi connectivity index (χ0n) is 11.4. The van der Waals surface area contributed by atoms with Gasteiger partial charge in [-0.15, -0.1) is 0 Å². The molecule has 1 aliphatic rings. The zero-order valence-corrected chi connectivity index (χ0v) is 12.2. The lowest BCUT2D eigenvalue weighted by Gasteiger charge is -2.33. The highest BCUT2D eigenvalue weighted by atomic mass is 32.2. The number of anilines is 1. The summed E-state index contributed by atoms with van der Waals surface area (Å²) in [5.74, 6) is 0. The third-order valence-corrected chi connectivity index (χ3v) is 4.40. The highest BCUT2D eigenvalue weighted by molar-refractivity contribution is 7.90. The van der Waals surface area contributed by atoms with Crippen molar-refractivity contribution in [1.82, 2.24) is 5.32 Å². The summed E-state index contributed by atoms with van der Waals surface area (Å²) in [7, 11) is -3.64. The Balaban J connectivity index is 2.56. The summed E-state index contributed by atoms with van der Waals surface area (Å²) >= 11 is 0. The SMILES string of the molecule is C[C@H]1CN(c2cccc(S(C)(=O)=O)c2[N+](=O)[O-])CCN1. The van der Waals surface area contributed by atoms with Gasteiger partial charge in [0.05, 0.1) is 4.92 Å². The summed E-state index contributed by atoms with van der Waals surface area (Å²) in [6, 6.07) is 4.63.